The quantitative estimate of drug-likeness (QED) is 0.938. The van der Waals surface area contributed by atoms with Gasteiger partial charge in [-0.2, -0.15) is 16.3 Å². The third-order valence-electron chi connectivity index (χ3n) is 3.69. The van der Waals surface area contributed by atoms with E-state index in [4.69, 9.17) is 0 Å². The second-order valence-electron chi connectivity index (χ2n) is 5.44. The average molecular weight is 304 g/mol. The van der Waals surface area contributed by atoms with Gasteiger partial charge in [0.1, 0.15) is 5.82 Å². The molecule has 0 aliphatic carbocycles. The van der Waals surface area contributed by atoms with Crippen molar-refractivity contribution in [3.8, 4) is 0 Å². The van der Waals surface area contributed by atoms with Gasteiger partial charge in [-0.3, -0.25) is 0 Å². The first-order valence-electron chi connectivity index (χ1n) is 7.20. The Labute approximate surface area is 128 Å². The zero-order chi connectivity index (χ0) is 14.7. The van der Waals surface area contributed by atoms with Crippen LogP contribution in [0.3, 0.4) is 0 Å². The number of β-amino-alcohol motifs (C(OH)–C–C–N with tert-alkyl or cyclic N) is 1. The molecule has 1 N–H and O–H groups in total. The Hall–Kier alpha value is -1.66. The first-order chi connectivity index (χ1) is 10.2. The number of thiophene rings is 1. The van der Waals surface area contributed by atoms with Crippen LogP contribution < -0.4 is 9.80 Å². The number of rotatable bonds is 4. The summed E-state index contributed by atoms with van der Waals surface area (Å²) in [6, 6.07) is 4.03. The number of aliphatic hydroxyl groups is 1. The lowest BCUT2D eigenvalue weighted by Gasteiger charge is -2.31. The highest BCUT2D eigenvalue weighted by molar-refractivity contribution is 7.07. The van der Waals surface area contributed by atoms with Crippen molar-refractivity contribution < 1.29 is 5.11 Å². The predicted molar refractivity (Wildman–Crippen MR) is 85.9 cm³/mol. The van der Waals surface area contributed by atoms with Gasteiger partial charge in [0.05, 0.1) is 6.10 Å². The number of aliphatic hydroxyl groups excluding tert-OH is 1. The van der Waals surface area contributed by atoms with Crippen molar-refractivity contribution in [3.05, 3.63) is 34.7 Å². The fourth-order valence-electron chi connectivity index (χ4n) is 2.59. The van der Waals surface area contributed by atoms with Gasteiger partial charge in [0.2, 0.25) is 5.95 Å². The van der Waals surface area contributed by atoms with Gasteiger partial charge in [0.25, 0.3) is 0 Å². The molecule has 1 unspecified atom stereocenters. The van der Waals surface area contributed by atoms with Gasteiger partial charge >= 0.3 is 0 Å². The van der Waals surface area contributed by atoms with E-state index in [1.54, 1.807) is 17.5 Å². The lowest BCUT2D eigenvalue weighted by Crippen LogP contribution is -2.38. The summed E-state index contributed by atoms with van der Waals surface area (Å²) in [5.41, 5.74) is 1.27. The summed E-state index contributed by atoms with van der Waals surface area (Å²) in [4.78, 5) is 13.2. The first kappa shape index (κ1) is 14.3. The summed E-state index contributed by atoms with van der Waals surface area (Å²) in [5.74, 6) is 1.62. The van der Waals surface area contributed by atoms with Gasteiger partial charge < -0.3 is 14.9 Å². The SMILES string of the molecule is CN(Cc1ccsc1)c1nccc(N2CCCC(O)C2)n1. The van der Waals surface area contributed by atoms with Gasteiger partial charge in [0, 0.05) is 32.9 Å². The molecule has 0 bridgehead atoms. The zero-order valence-corrected chi connectivity index (χ0v) is 13.0. The van der Waals surface area contributed by atoms with E-state index in [0.717, 1.165) is 37.7 Å². The topological polar surface area (TPSA) is 52.5 Å². The summed E-state index contributed by atoms with van der Waals surface area (Å²) >= 11 is 1.70. The summed E-state index contributed by atoms with van der Waals surface area (Å²) in [6.45, 7) is 2.40. The minimum atomic E-state index is -0.249. The summed E-state index contributed by atoms with van der Waals surface area (Å²) in [7, 11) is 2.00. The standard InChI is InChI=1S/C15H20N4OS/c1-18(9-12-5-8-21-11-12)15-16-6-4-14(17-15)19-7-2-3-13(20)10-19/h4-6,8,11,13,20H,2-3,7,9-10H2,1H3. The molecular weight excluding hydrogens is 284 g/mol. The molecule has 112 valence electrons. The van der Waals surface area contributed by atoms with E-state index >= 15 is 0 Å². The second kappa shape index (κ2) is 6.41. The Kier molecular flexibility index (Phi) is 4.36. The number of nitrogens with zero attached hydrogens (tertiary/aromatic N) is 4. The molecule has 2 aromatic heterocycles. The van der Waals surface area contributed by atoms with Crippen LogP contribution in [-0.2, 0) is 6.54 Å². The number of hydrogen-bond donors (Lipinski definition) is 1. The molecule has 0 radical (unpaired) electrons. The van der Waals surface area contributed by atoms with Gasteiger partial charge in [-0.25, -0.2) is 4.98 Å². The predicted octanol–water partition coefficient (Wildman–Crippen LogP) is 2.14. The number of aromatic nitrogens is 2. The fourth-order valence-corrected chi connectivity index (χ4v) is 3.25. The monoisotopic (exact) mass is 304 g/mol. The first-order valence-corrected chi connectivity index (χ1v) is 8.15. The van der Waals surface area contributed by atoms with Crippen molar-refractivity contribution in [1.29, 1.82) is 0 Å². The molecule has 3 heterocycles. The van der Waals surface area contributed by atoms with Crippen LogP contribution in [0.15, 0.2) is 29.1 Å². The van der Waals surface area contributed by atoms with Crippen LogP contribution in [0.5, 0.6) is 0 Å². The third kappa shape index (κ3) is 3.51. The second-order valence-corrected chi connectivity index (χ2v) is 6.22. The summed E-state index contributed by atoms with van der Waals surface area (Å²) < 4.78 is 0. The van der Waals surface area contributed by atoms with E-state index in [0.29, 0.717) is 6.54 Å². The van der Waals surface area contributed by atoms with E-state index in [-0.39, 0.29) is 6.10 Å². The molecule has 1 aliphatic heterocycles. The van der Waals surface area contributed by atoms with Crippen molar-refractivity contribution in [2.24, 2.45) is 0 Å². The van der Waals surface area contributed by atoms with Crippen molar-refractivity contribution in [1.82, 2.24) is 9.97 Å². The van der Waals surface area contributed by atoms with Crippen LogP contribution in [-0.4, -0.2) is 41.3 Å². The smallest absolute Gasteiger partial charge is 0.227 e. The van der Waals surface area contributed by atoms with Crippen LogP contribution in [0, 0.1) is 0 Å². The molecule has 3 rings (SSSR count). The zero-order valence-electron chi connectivity index (χ0n) is 12.1. The number of anilines is 2. The third-order valence-corrected chi connectivity index (χ3v) is 4.42. The van der Waals surface area contributed by atoms with E-state index in [1.165, 1.54) is 5.56 Å². The van der Waals surface area contributed by atoms with Gasteiger partial charge in [-0.05, 0) is 41.3 Å². The van der Waals surface area contributed by atoms with Crippen LogP contribution in [0.1, 0.15) is 18.4 Å². The molecule has 2 aromatic rings. The summed E-state index contributed by atoms with van der Waals surface area (Å²) in [6.07, 6.45) is 3.43. The van der Waals surface area contributed by atoms with Crippen LogP contribution in [0.4, 0.5) is 11.8 Å². The molecule has 6 heteroatoms. The number of hydrogen-bond acceptors (Lipinski definition) is 6. The van der Waals surface area contributed by atoms with E-state index < -0.39 is 0 Å². The Balaban J connectivity index is 1.73. The average Bonchev–Trinajstić information content (AvgIpc) is 3.00. The van der Waals surface area contributed by atoms with Crippen LogP contribution >= 0.6 is 11.3 Å². The van der Waals surface area contributed by atoms with Crippen LogP contribution in [0.25, 0.3) is 0 Å². The lowest BCUT2D eigenvalue weighted by molar-refractivity contribution is 0.154. The molecule has 0 spiro atoms. The number of piperidine rings is 1. The van der Waals surface area contributed by atoms with Crippen molar-refractivity contribution in [2.75, 3.05) is 29.9 Å². The normalized spacial score (nSPS) is 18.8. The highest BCUT2D eigenvalue weighted by Crippen LogP contribution is 2.20. The van der Waals surface area contributed by atoms with E-state index in [9.17, 15) is 5.11 Å². The molecule has 0 amide bonds. The maximum absolute atomic E-state index is 9.80. The Morgan fingerprint density at radius 2 is 2.38 bits per heavy atom. The van der Waals surface area contributed by atoms with Crippen LogP contribution in [0.2, 0.25) is 0 Å². The Morgan fingerprint density at radius 1 is 1.48 bits per heavy atom. The highest BCUT2D eigenvalue weighted by Gasteiger charge is 2.19. The molecule has 1 saturated heterocycles. The van der Waals surface area contributed by atoms with E-state index in [2.05, 4.69) is 31.7 Å². The van der Waals surface area contributed by atoms with Crippen molar-refractivity contribution in [3.63, 3.8) is 0 Å². The lowest BCUT2D eigenvalue weighted by atomic mass is 10.1. The summed E-state index contributed by atoms with van der Waals surface area (Å²) in [5, 5.41) is 14.0. The van der Waals surface area contributed by atoms with Gasteiger partial charge in [-0.1, -0.05) is 0 Å². The molecule has 0 saturated carbocycles. The molecular formula is C15H20N4OS. The molecule has 5 nitrogen and oxygen atoms in total. The van der Waals surface area contributed by atoms with E-state index in [1.807, 2.05) is 18.0 Å². The van der Waals surface area contributed by atoms with Gasteiger partial charge in [0.15, 0.2) is 0 Å². The molecule has 1 fully saturated rings. The molecule has 21 heavy (non-hydrogen) atoms. The van der Waals surface area contributed by atoms with Crippen molar-refractivity contribution in [2.45, 2.75) is 25.5 Å². The minimum Gasteiger partial charge on any atom is -0.391 e. The fraction of sp³-hybridized carbons (Fsp3) is 0.467. The Bertz CT molecular complexity index is 575. The minimum absolute atomic E-state index is 0.249. The maximum Gasteiger partial charge on any atom is 0.227 e. The molecule has 1 atom stereocenters. The molecule has 0 aromatic carbocycles. The van der Waals surface area contributed by atoms with Gasteiger partial charge in [-0.15, -0.1) is 0 Å². The highest BCUT2D eigenvalue weighted by atomic mass is 32.1. The molecule has 1 aliphatic rings. The Morgan fingerprint density at radius 3 is 3.14 bits per heavy atom. The van der Waals surface area contributed by atoms with Crippen molar-refractivity contribution >= 4 is 23.1 Å². The maximum atomic E-state index is 9.80. The largest absolute Gasteiger partial charge is 0.391 e.